The summed E-state index contributed by atoms with van der Waals surface area (Å²) < 4.78 is 13.5. The van der Waals surface area contributed by atoms with Gasteiger partial charge in [-0.25, -0.2) is 4.39 Å². The van der Waals surface area contributed by atoms with Crippen molar-refractivity contribution in [2.75, 3.05) is 13.1 Å². The summed E-state index contributed by atoms with van der Waals surface area (Å²) in [5.41, 5.74) is 0. The van der Waals surface area contributed by atoms with Gasteiger partial charge in [0.1, 0.15) is 0 Å². The molecule has 0 N–H and O–H groups in total. The number of halogens is 2. The van der Waals surface area contributed by atoms with Crippen LogP contribution in [0.2, 0.25) is 0 Å². The lowest BCUT2D eigenvalue weighted by atomic mass is 9.97. The van der Waals surface area contributed by atoms with Crippen LogP contribution in [0.4, 0.5) is 4.39 Å². The highest BCUT2D eigenvalue weighted by atomic mass is 35.5. The first kappa shape index (κ1) is 10.3. The maximum Gasteiger partial charge on any atom is 0.196 e. The third-order valence-electron chi connectivity index (χ3n) is 2.36. The Bertz CT molecular complexity index is 159. The van der Waals surface area contributed by atoms with Gasteiger partial charge < -0.3 is 0 Å². The Morgan fingerprint density at radius 2 is 2.17 bits per heavy atom. The third-order valence-corrected chi connectivity index (χ3v) is 2.63. The van der Waals surface area contributed by atoms with Crippen LogP contribution in [0.1, 0.15) is 27.2 Å². The molecule has 0 amide bonds. The Kier molecular flexibility index (Phi) is 3.00. The number of nitrogens with zero attached hydrogens (tertiary/aromatic N) is 1. The molecule has 0 aromatic rings. The average Bonchev–Trinajstić information content (AvgIpc) is 1.82. The molecule has 1 aliphatic rings. The zero-order valence-electron chi connectivity index (χ0n) is 7.98. The minimum absolute atomic E-state index is 0.364. The van der Waals surface area contributed by atoms with Crippen LogP contribution < -0.4 is 0 Å². The summed E-state index contributed by atoms with van der Waals surface area (Å²) in [5, 5.41) is -1.50. The van der Waals surface area contributed by atoms with Crippen LogP contribution >= 0.6 is 11.6 Å². The number of likely N-dealkylation sites (tertiary alicyclic amines) is 1. The summed E-state index contributed by atoms with van der Waals surface area (Å²) in [6.45, 7) is 7.54. The van der Waals surface area contributed by atoms with E-state index in [-0.39, 0.29) is 0 Å². The normalized spacial score (nSPS) is 39.0. The van der Waals surface area contributed by atoms with Gasteiger partial charge in [-0.15, -0.1) is 0 Å². The summed E-state index contributed by atoms with van der Waals surface area (Å²) in [4.78, 5) is 2.10. The Balaban J connectivity index is 2.58. The van der Waals surface area contributed by atoms with Crippen LogP contribution in [-0.4, -0.2) is 29.2 Å². The molecule has 0 spiro atoms. The van der Waals surface area contributed by atoms with Crippen molar-refractivity contribution in [2.45, 2.75) is 38.4 Å². The zero-order chi connectivity index (χ0) is 9.35. The van der Waals surface area contributed by atoms with Gasteiger partial charge in [0.2, 0.25) is 0 Å². The molecule has 0 aromatic heterocycles. The maximum atomic E-state index is 13.5. The Hall–Kier alpha value is 0.180. The van der Waals surface area contributed by atoms with Gasteiger partial charge in [0.05, 0.1) is 0 Å². The molecule has 2 atom stereocenters. The van der Waals surface area contributed by atoms with E-state index in [0.717, 1.165) is 6.54 Å². The van der Waals surface area contributed by atoms with Crippen LogP contribution in [0.25, 0.3) is 0 Å². The molecule has 1 heterocycles. The molecule has 1 nitrogen and oxygen atoms in total. The fraction of sp³-hybridized carbons (Fsp3) is 1.00. The molecule has 1 saturated heterocycles. The molecular formula is C9H17ClFN. The van der Waals surface area contributed by atoms with E-state index < -0.39 is 5.13 Å². The van der Waals surface area contributed by atoms with Crippen molar-refractivity contribution in [1.29, 1.82) is 0 Å². The molecule has 0 unspecified atom stereocenters. The number of alkyl halides is 2. The number of piperidine rings is 1. The van der Waals surface area contributed by atoms with Crippen LogP contribution in [0.15, 0.2) is 0 Å². The van der Waals surface area contributed by atoms with Gasteiger partial charge in [-0.1, -0.05) is 18.5 Å². The summed E-state index contributed by atoms with van der Waals surface area (Å²) in [5.74, 6) is 0.364. The molecule has 1 aliphatic heterocycles. The lowest BCUT2D eigenvalue weighted by Gasteiger charge is -2.39. The Morgan fingerprint density at radius 3 is 2.58 bits per heavy atom. The summed E-state index contributed by atoms with van der Waals surface area (Å²) in [7, 11) is 0. The van der Waals surface area contributed by atoms with Crippen LogP contribution in [-0.2, 0) is 0 Å². The van der Waals surface area contributed by atoms with E-state index >= 15 is 0 Å². The van der Waals surface area contributed by atoms with Crippen molar-refractivity contribution in [2.24, 2.45) is 5.92 Å². The zero-order valence-corrected chi connectivity index (χ0v) is 8.74. The second kappa shape index (κ2) is 3.51. The van der Waals surface area contributed by atoms with E-state index in [1.165, 1.54) is 0 Å². The molecule has 3 heteroatoms. The SMILES string of the molecule is CC(C)N1C[C@H](C)C[C@@](F)(Cl)C1. The minimum Gasteiger partial charge on any atom is -0.296 e. The van der Waals surface area contributed by atoms with E-state index in [1.54, 1.807) is 0 Å². The lowest BCUT2D eigenvalue weighted by Crippen LogP contribution is -2.48. The first-order valence-electron chi connectivity index (χ1n) is 4.52. The summed E-state index contributed by atoms with van der Waals surface area (Å²) in [6, 6.07) is 0.390. The second-order valence-electron chi connectivity index (χ2n) is 4.19. The Labute approximate surface area is 78.9 Å². The van der Waals surface area contributed by atoms with Crippen molar-refractivity contribution < 1.29 is 4.39 Å². The fourth-order valence-electron chi connectivity index (χ4n) is 1.79. The predicted octanol–water partition coefficient (Wildman–Crippen LogP) is 2.64. The molecule has 0 saturated carbocycles. The standard InChI is InChI=1S/C9H17ClFN/c1-7(2)12-5-8(3)4-9(10,11)6-12/h7-8H,4-6H2,1-3H3/t8-,9+/m1/s1. The minimum atomic E-state index is -1.50. The molecule has 0 radical (unpaired) electrons. The molecule has 1 fully saturated rings. The highest BCUT2D eigenvalue weighted by Gasteiger charge is 2.37. The topological polar surface area (TPSA) is 3.24 Å². The largest absolute Gasteiger partial charge is 0.296 e. The summed E-state index contributed by atoms with van der Waals surface area (Å²) in [6.07, 6.45) is 0.484. The fourth-order valence-corrected chi connectivity index (χ4v) is 2.21. The van der Waals surface area contributed by atoms with Crippen LogP contribution in [0.5, 0.6) is 0 Å². The molecular weight excluding hydrogens is 177 g/mol. The predicted molar refractivity (Wildman–Crippen MR) is 50.2 cm³/mol. The number of rotatable bonds is 1. The van der Waals surface area contributed by atoms with Gasteiger partial charge >= 0.3 is 0 Å². The van der Waals surface area contributed by atoms with Crippen molar-refractivity contribution in [1.82, 2.24) is 4.90 Å². The highest BCUT2D eigenvalue weighted by molar-refractivity contribution is 6.23. The van der Waals surface area contributed by atoms with E-state index in [0.29, 0.717) is 24.9 Å². The molecule has 0 aromatic carbocycles. The van der Waals surface area contributed by atoms with E-state index in [4.69, 9.17) is 11.6 Å². The quantitative estimate of drug-likeness (QED) is 0.579. The van der Waals surface area contributed by atoms with Crippen LogP contribution in [0.3, 0.4) is 0 Å². The van der Waals surface area contributed by atoms with E-state index in [9.17, 15) is 4.39 Å². The average molecular weight is 194 g/mol. The molecule has 12 heavy (non-hydrogen) atoms. The molecule has 0 aliphatic carbocycles. The van der Waals surface area contributed by atoms with E-state index in [1.807, 2.05) is 6.92 Å². The molecule has 1 rings (SSSR count). The van der Waals surface area contributed by atoms with Gasteiger partial charge in [0, 0.05) is 25.6 Å². The first-order chi connectivity index (χ1) is 5.41. The van der Waals surface area contributed by atoms with Crippen molar-refractivity contribution in [3.8, 4) is 0 Å². The van der Waals surface area contributed by atoms with E-state index in [2.05, 4.69) is 18.7 Å². The van der Waals surface area contributed by atoms with Crippen LogP contribution in [0, 0.1) is 5.92 Å². The van der Waals surface area contributed by atoms with Gasteiger partial charge in [-0.2, -0.15) is 0 Å². The second-order valence-corrected chi connectivity index (χ2v) is 4.87. The lowest BCUT2D eigenvalue weighted by molar-refractivity contribution is 0.0560. The number of hydrogen-bond acceptors (Lipinski definition) is 1. The highest BCUT2D eigenvalue weighted by Crippen LogP contribution is 2.32. The maximum absolute atomic E-state index is 13.5. The smallest absolute Gasteiger partial charge is 0.196 e. The first-order valence-corrected chi connectivity index (χ1v) is 4.90. The van der Waals surface area contributed by atoms with Crippen molar-refractivity contribution in [3.05, 3.63) is 0 Å². The molecule has 72 valence electrons. The van der Waals surface area contributed by atoms with Crippen molar-refractivity contribution >= 4 is 11.6 Å². The van der Waals surface area contributed by atoms with Gasteiger partial charge in [-0.3, -0.25) is 4.90 Å². The van der Waals surface area contributed by atoms with Crippen molar-refractivity contribution in [3.63, 3.8) is 0 Å². The Morgan fingerprint density at radius 1 is 1.58 bits per heavy atom. The number of hydrogen-bond donors (Lipinski definition) is 0. The monoisotopic (exact) mass is 193 g/mol. The van der Waals surface area contributed by atoms with Gasteiger partial charge in [0.15, 0.2) is 5.13 Å². The van der Waals surface area contributed by atoms with Gasteiger partial charge in [0.25, 0.3) is 0 Å². The van der Waals surface area contributed by atoms with Gasteiger partial charge in [-0.05, 0) is 19.8 Å². The molecule has 0 bridgehead atoms. The summed E-state index contributed by atoms with van der Waals surface area (Å²) >= 11 is 5.70. The third kappa shape index (κ3) is 2.60.